The fraction of sp³-hybridized carbons (Fsp3) is 0.500. The molecular weight excluding hydrogens is 302 g/mol. The van der Waals surface area contributed by atoms with E-state index in [0.29, 0.717) is 17.0 Å². The Morgan fingerprint density at radius 1 is 1.50 bits per heavy atom. The summed E-state index contributed by atoms with van der Waals surface area (Å²) in [6, 6.07) is 0. The van der Waals surface area contributed by atoms with Gasteiger partial charge in [0.25, 0.3) is 0 Å². The molecule has 2 aromatic heterocycles. The van der Waals surface area contributed by atoms with Crippen molar-refractivity contribution in [3.8, 4) is 0 Å². The molecule has 1 saturated heterocycles. The summed E-state index contributed by atoms with van der Waals surface area (Å²) < 4.78 is 7.55. The second-order valence-electron chi connectivity index (χ2n) is 4.17. The highest BCUT2D eigenvalue weighted by Crippen LogP contribution is 2.35. The molecule has 18 heavy (non-hydrogen) atoms. The number of aromatic nitrogens is 4. The molecule has 3 heterocycles. The van der Waals surface area contributed by atoms with Crippen LogP contribution < -0.4 is 5.73 Å². The summed E-state index contributed by atoms with van der Waals surface area (Å²) in [4.78, 5) is 12.4. The monoisotopic (exact) mass is 313 g/mol. The Kier molecular flexibility index (Phi) is 2.92. The summed E-state index contributed by atoms with van der Waals surface area (Å²) in [5, 5.41) is 9.14. The van der Waals surface area contributed by atoms with Gasteiger partial charge in [-0.3, -0.25) is 4.57 Å². The average molecular weight is 314 g/mol. The van der Waals surface area contributed by atoms with Crippen molar-refractivity contribution in [2.24, 2.45) is 0 Å². The first-order valence-electron chi connectivity index (χ1n) is 5.54. The summed E-state index contributed by atoms with van der Waals surface area (Å²) in [6.45, 7) is 0.00233. The molecule has 1 fully saturated rings. The normalized spacial score (nSPS) is 28.0. The number of ether oxygens (including phenoxy) is 1. The highest BCUT2D eigenvalue weighted by atomic mass is 79.9. The molecule has 1 aliphatic heterocycles. The fourth-order valence-corrected chi connectivity index (χ4v) is 2.92. The number of rotatable bonds is 2. The Bertz CT molecular complexity index is 574. The highest BCUT2D eigenvalue weighted by Gasteiger charge is 2.35. The minimum absolute atomic E-state index is 0.00233. The number of nitrogens with two attached hydrogens (primary N) is 1. The minimum Gasteiger partial charge on any atom is -0.394 e. The molecule has 0 saturated carbocycles. The molecular formula is C10H12BrN5O2. The van der Waals surface area contributed by atoms with Crippen LogP contribution in [0.15, 0.2) is 12.7 Å². The molecule has 1 unspecified atom stereocenters. The average Bonchev–Trinajstić information content (AvgIpc) is 2.93. The van der Waals surface area contributed by atoms with E-state index >= 15 is 0 Å². The molecule has 1 aliphatic rings. The lowest BCUT2D eigenvalue weighted by Gasteiger charge is -2.16. The van der Waals surface area contributed by atoms with Crippen LogP contribution in [0.1, 0.15) is 12.6 Å². The Labute approximate surface area is 111 Å². The first-order valence-corrected chi connectivity index (χ1v) is 6.45. The third-order valence-corrected chi connectivity index (χ3v) is 3.82. The van der Waals surface area contributed by atoms with Gasteiger partial charge in [-0.2, -0.15) is 0 Å². The molecule has 0 spiro atoms. The van der Waals surface area contributed by atoms with E-state index in [1.165, 1.54) is 6.33 Å². The maximum Gasteiger partial charge on any atom is 0.167 e. The van der Waals surface area contributed by atoms with Crippen LogP contribution in [0.2, 0.25) is 0 Å². The van der Waals surface area contributed by atoms with Gasteiger partial charge in [-0.05, 0) is 6.42 Å². The van der Waals surface area contributed by atoms with Crippen LogP contribution in [-0.2, 0) is 4.74 Å². The molecule has 3 atom stereocenters. The molecule has 0 aromatic carbocycles. The Morgan fingerprint density at radius 2 is 2.33 bits per heavy atom. The molecule has 3 N–H and O–H groups in total. The zero-order chi connectivity index (χ0) is 12.7. The predicted molar refractivity (Wildman–Crippen MR) is 68.1 cm³/mol. The first kappa shape index (κ1) is 11.8. The van der Waals surface area contributed by atoms with Crippen LogP contribution in [0.4, 0.5) is 5.82 Å². The summed E-state index contributed by atoms with van der Waals surface area (Å²) in [7, 11) is 0. The van der Waals surface area contributed by atoms with E-state index in [0.717, 1.165) is 6.42 Å². The van der Waals surface area contributed by atoms with Crippen molar-refractivity contribution in [3.05, 3.63) is 12.7 Å². The molecule has 2 aromatic rings. The molecule has 8 heteroatoms. The van der Waals surface area contributed by atoms with E-state index in [4.69, 9.17) is 15.6 Å². The third-order valence-electron chi connectivity index (χ3n) is 2.99. The summed E-state index contributed by atoms with van der Waals surface area (Å²) in [5.41, 5.74) is 6.93. The van der Waals surface area contributed by atoms with E-state index in [1.54, 1.807) is 6.33 Å². The third kappa shape index (κ3) is 1.76. The zero-order valence-electron chi connectivity index (χ0n) is 9.40. The van der Waals surface area contributed by atoms with Crippen LogP contribution in [0.3, 0.4) is 0 Å². The highest BCUT2D eigenvalue weighted by molar-refractivity contribution is 9.09. The smallest absolute Gasteiger partial charge is 0.167 e. The van der Waals surface area contributed by atoms with E-state index in [1.807, 2.05) is 4.57 Å². The number of imidazole rings is 1. The van der Waals surface area contributed by atoms with Crippen LogP contribution in [0.5, 0.6) is 0 Å². The van der Waals surface area contributed by atoms with Gasteiger partial charge in [-0.25, -0.2) is 15.0 Å². The zero-order valence-corrected chi connectivity index (χ0v) is 11.0. The van der Waals surface area contributed by atoms with Gasteiger partial charge < -0.3 is 15.6 Å². The molecule has 0 bridgehead atoms. The SMILES string of the molecule is Nc1ncnc2c1ncn2[C@@H]1O[C@H](CO)CC1Br. The van der Waals surface area contributed by atoms with Crippen molar-refractivity contribution < 1.29 is 9.84 Å². The summed E-state index contributed by atoms with van der Waals surface area (Å²) in [6.07, 6.45) is 3.35. The molecule has 96 valence electrons. The number of aliphatic hydroxyl groups is 1. The van der Waals surface area contributed by atoms with Crippen LogP contribution in [0.25, 0.3) is 11.2 Å². The maximum atomic E-state index is 9.14. The molecule has 0 amide bonds. The predicted octanol–water partition coefficient (Wildman–Crippen LogP) is 0.452. The molecule has 0 aliphatic carbocycles. The van der Waals surface area contributed by atoms with Crippen LogP contribution in [0, 0.1) is 0 Å². The number of nitrogen functional groups attached to an aromatic ring is 1. The number of nitrogens with zero attached hydrogens (tertiary/aromatic N) is 4. The summed E-state index contributed by atoms with van der Waals surface area (Å²) >= 11 is 3.55. The second-order valence-corrected chi connectivity index (χ2v) is 5.34. The standard InChI is InChI=1S/C10H12BrN5O2/c11-6-1-5(2-17)18-10(6)16-4-15-7-8(12)13-3-14-9(7)16/h3-6,10,17H,1-2H2,(H2,12,13,14)/t5-,6?,10+/m0/s1. The van der Waals surface area contributed by atoms with Crippen molar-refractivity contribution in [2.45, 2.75) is 23.6 Å². The number of hydrogen-bond acceptors (Lipinski definition) is 6. The topological polar surface area (TPSA) is 99.1 Å². The van der Waals surface area contributed by atoms with Gasteiger partial charge in [-0.1, -0.05) is 15.9 Å². The van der Waals surface area contributed by atoms with Crippen molar-refractivity contribution >= 4 is 32.9 Å². The molecule has 7 nitrogen and oxygen atoms in total. The van der Waals surface area contributed by atoms with Crippen LogP contribution in [-0.4, -0.2) is 42.2 Å². The fourth-order valence-electron chi connectivity index (χ4n) is 2.12. The van der Waals surface area contributed by atoms with E-state index in [2.05, 4.69) is 30.9 Å². The van der Waals surface area contributed by atoms with Crippen molar-refractivity contribution in [3.63, 3.8) is 0 Å². The molecule has 3 rings (SSSR count). The van der Waals surface area contributed by atoms with E-state index in [-0.39, 0.29) is 23.8 Å². The summed E-state index contributed by atoms with van der Waals surface area (Å²) in [5.74, 6) is 0.349. The maximum absolute atomic E-state index is 9.14. The lowest BCUT2D eigenvalue weighted by molar-refractivity contribution is -0.0192. The number of aliphatic hydroxyl groups excluding tert-OH is 1. The van der Waals surface area contributed by atoms with Crippen molar-refractivity contribution in [2.75, 3.05) is 12.3 Å². The van der Waals surface area contributed by atoms with Crippen molar-refractivity contribution in [1.29, 1.82) is 0 Å². The number of anilines is 1. The van der Waals surface area contributed by atoms with Gasteiger partial charge in [0.15, 0.2) is 11.5 Å². The number of hydrogen-bond donors (Lipinski definition) is 2. The van der Waals surface area contributed by atoms with Gasteiger partial charge >= 0.3 is 0 Å². The Balaban J connectivity index is 2.02. The quantitative estimate of drug-likeness (QED) is 0.781. The van der Waals surface area contributed by atoms with Gasteiger partial charge in [-0.15, -0.1) is 0 Å². The van der Waals surface area contributed by atoms with Gasteiger partial charge in [0.1, 0.15) is 18.1 Å². The number of fused-ring (bicyclic) bond motifs is 1. The molecule has 0 radical (unpaired) electrons. The Hall–Kier alpha value is -1.25. The van der Waals surface area contributed by atoms with Gasteiger partial charge in [0.2, 0.25) is 0 Å². The largest absolute Gasteiger partial charge is 0.394 e. The Morgan fingerprint density at radius 3 is 3.06 bits per heavy atom. The number of halogens is 1. The first-order chi connectivity index (χ1) is 8.70. The van der Waals surface area contributed by atoms with Crippen molar-refractivity contribution in [1.82, 2.24) is 19.5 Å². The van der Waals surface area contributed by atoms with E-state index in [9.17, 15) is 0 Å². The van der Waals surface area contributed by atoms with Crippen LogP contribution >= 0.6 is 15.9 Å². The lowest BCUT2D eigenvalue weighted by atomic mass is 10.2. The van der Waals surface area contributed by atoms with Gasteiger partial charge in [0.05, 0.1) is 23.9 Å². The van der Waals surface area contributed by atoms with Gasteiger partial charge in [0, 0.05) is 0 Å². The minimum atomic E-state index is -0.249. The lowest BCUT2D eigenvalue weighted by Crippen LogP contribution is -2.16. The number of alkyl halides is 1. The van der Waals surface area contributed by atoms with E-state index < -0.39 is 0 Å². The second kappa shape index (κ2) is 4.45.